The van der Waals surface area contributed by atoms with Crippen molar-refractivity contribution >= 4 is 6.09 Å². The van der Waals surface area contributed by atoms with Crippen LogP contribution in [0.5, 0.6) is 0 Å². The van der Waals surface area contributed by atoms with Crippen LogP contribution in [0.4, 0.5) is 4.79 Å². The second-order valence-electron chi connectivity index (χ2n) is 7.11. The van der Waals surface area contributed by atoms with Crippen LogP contribution in [0, 0.1) is 5.92 Å². The smallest absolute Gasteiger partial charge is 0.410 e. The van der Waals surface area contributed by atoms with Crippen molar-refractivity contribution in [3.63, 3.8) is 0 Å². The first-order valence-electron chi connectivity index (χ1n) is 7.72. The Morgan fingerprint density at radius 3 is 2.45 bits per heavy atom. The van der Waals surface area contributed by atoms with Crippen molar-refractivity contribution in [3.05, 3.63) is 0 Å². The zero-order valence-electron chi connectivity index (χ0n) is 13.0. The summed E-state index contributed by atoms with van der Waals surface area (Å²) < 4.78 is 5.41. The summed E-state index contributed by atoms with van der Waals surface area (Å²) in [5.41, 5.74) is -0.418. The van der Waals surface area contributed by atoms with E-state index in [1.54, 1.807) is 0 Å². The van der Waals surface area contributed by atoms with E-state index >= 15 is 0 Å². The van der Waals surface area contributed by atoms with E-state index in [0.29, 0.717) is 5.92 Å². The minimum Gasteiger partial charge on any atom is -0.444 e. The molecule has 0 saturated carbocycles. The zero-order valence-corrected chi connectivity index (χ0v) is 13.0. The van der Waals surface area contributed by atoms with E-state index in [1.807, 2.05) is 25.7 Å². The highest BCUT2D eigenvalue weighted by atomic mass is 16.6. The van der Waals surface area contributed by atoms with Gasteiger partial charge in [-0.05, 0) is 46.0 Å². The van der Waals surface area contributed by atoms with Crippen LogP contribution in [0.25, 0.3) is 0 Å². The number of rotatable bonds is 2. The van der Waals surface area contributed by atoms with Gasteiger partial charge in [0, 0.05) is 32.7 Å². The molecule has 5 heteroatoms. The number of carbonyl (C=O) groups excluding carboxylic acids is 1. The van der Waals surface area contributed by atoms with Crippen LogP contribution in [0.15, 0.2) is 0 Å². The molecule has 1 N–H and O–H groups in total. The van der Waals surface area contributed by atoms with Gasteiger partial charge in [-0.3, -0.25) is 0 Å². The Morgan fingerprint density at radius 1 is 1.20 bits per heavy atom. The molecule has 0 aromatic heterocycles. The van der Waals surface area contributed by atoms with Crippen LogP contribution >= 0.6 is 0 Å². The van der Waals surface area contributed by atoms with E-state index < -0.39 is 5.60 Å². The molecule has 2 saturated heterocycles. The number of nitrogens with zero attached hydrogens (tertiary/aromatic N) is 2. The third-order valence-corrected chi connectivity index (χ3v) is 4.01. The summed E-state index contributed by atoms with van der Waals surface area (Å²) in [4.78, 5) is 16.2. The minimum absolute atomic E-state index is 0.118. The van der Waals surface area contributed by atoms with Crippen LogP contribution in [0.3, 0.4) is 0 Å². The highest BCUT2D eigenvalue weighted by molar-refractivity contribution is 5.68. The maximum atomic E-state index is 12.0. The van der Waals surface area contributed by atoms with Gasteiger partial charge < -0.3 is 19.6 Å². The second-order valence-corrected chi connectivity index (χ2v) is 7.11. The van der Waals surface area contributed by atoms with E-state index in [1.165, 1.54) is 0 Å². The zero-order chi connectivity index (χ0) is 14.8. The molecule has 2 fully saturated rings. The summed E-state index contributed by atoms with van der Waals surface area (Å²) in [6.07, 6.45) is 2.51. The lowest BCUT2D eigenvalue weighted by Crippen LogP contribution is -2.40. The average Bonchev–Trinajstić information content (AvgIpc) is 2.79. The lowest BCUT2D eigenvalue weighted by molar-refractivity contribution is 0.0281. The maximum Gasteiger partial charge on any atom is 0.410 e. The molecule has 2 heterocycles. The summed E-state index contributed by atoms with van der Waals surface area (Å²) in [5, 5.41) is 9.51. The predicted octanol–water partition coefficient (Wildman–Crippen LogP) is 1.70. The third-order valence-electron chi connectivity index (χ3n) is 4.01. The summed E-state index contributed by atoms with van der Waals surface area (Å²) in [7, 11) is 0. The van der Waals surface area contributed by atoms with Gasteiger partial charge in [0.25, 0.3) is 0 Å². The fourth-order valence-corrected chi connectivity index (χ4v) is 2.94. The van der Waals surface area contributed by atoms with Crippen molar-refractivity contribution in [1.82, 2.24) is 9.80 Å². The number of amides is 1. The maximum absolute atomic E-state index is 12.0. The standard InChI is InChI=1S/C15H28N2O3/c1-15(2,3)20-14(19)17-9-4-12(11-17)10-16-7-5-13(18)6-8-16/h12-13,18H,4-11H2,1-3H3/t12-/m1/s1. The van der Waals surface area contributed by atoms with Crippen molar-refractivity contribution in [3.8, 4) is 0 Å². The Morgan fingerprint density at radius 2 is 1.85 bits per heavy atom. The molecule has 0 aromatic carbocycles. The van der Waals surface area contributed by atoms with Crippen molar-refractivity contribution < 1.29 is 14.6 Å². The summed E-state index contributed by atoms with van der Waals surface area (Å²) in [6, 6.07) is 0. The van der Waals surface area contributed by atoms with Crippen molar-refractivity contribution in [1.29, 1.82) is 0 Å². The molecule has 20 heavy (non-hydrogen) atoms. The monoisotopic (exact) mass is 284 g/mol. The van der Waals surface area contributed by atoms with Gasteiger partial charge in [0.15, 0.2) is 0 Å². The third kappa shape index (κ3) is 4.63. The van der Waals surface area contributed by atoms with Gasteiger partial charge in [-0.1, -0.05) is 0 Å². The topological polar surface area (TPSA) is 53.0 Å². The van der Waals surface area contributed by atoms with Gasteiger partial charge in [0.05, 0.1) is 6.10 Å². The number of ether oxygens (including phenoxy) is 1. The van der Waals surface area contributed by atoms with Crippen LogP contribution in [0.1, 0.15) is 40.0 Å². The number of carbonyl (C=O) groups is 1. The SMILES string of the molecule is CC(C)(C)OC(=O)N1CC[C@H](CN2CCC(O)CC2)C1. The molecule has 2 aliphatic rings. The Bertz CT molecular complexity index is 333. The van der Waals surface area contributed by atoms with Gasteiger partial charge >= 0.3 is 6.09 Å². The summed E-state index contributed by atoms with van der Waals surface area (Å²) in [5.74, 6) is 0.540. The molecule has 0 unspecified atom stereocenters. The molecule has 0 radical (unpaired) electrons. The fourth-order valence-electron chi connectivity index (χ4n) is 2.94. The molecule has 1 amide bonds. The number of aliphatic hydroxyl groups excluding tert-OH is 1. The highest BCUT2D eigenvalue weighted by Gasteiger charge is 2.31. The molecule has 2 rings (SSSR count). The normalized spacial score (nSPS) is 26.0. The highest BCUT2D eigenvalue weighted by Crippen LogP contribution is 2.21. The first-order valence-corrected chi connectivity index (χ1v) is 7.72. The molecule has 2 aliphatic heterocycles. The van der Waals surface area contributed by atoms with Gasteiger partial charge in [-0.25, -0.2) is 4.79 Å². The van der Waals surface area contributed by atoms with Crippen LogP contribution in [-0.2, 0) is 4.74 Å². The lowest BCUT2D eigenvalue weighted by atomic mass is 10.0. The number of hydrogen-bond acceptors (Lipinski definition) is 4. The van der Waals surface area contributed by atoms with E-state index in [9.17, 15) is 9.90 Å². The number of aliphatic hydroxyl groups is 1. The van der Waals surface area contributed by atoms with E-state index in [4.69, 9.17) is 4.74 Å². The first kappa shape index (κ1) is 15.6. The number of hydrogen-bond donors (Lipinski definition) is 1. The molecule has 116 valence electrons. The number of piperidine rings is 1. The molecular weight excluding hydrogens is 256 g/mol. The van der Waals surface area contributed by atoms with E-state index in [-0.39, 0.29) is 12.2 Å². The van der Waals surface area contributed by atoms with Gasteiger partial charge in [-0.2, -0.15) is 0 Å². The molecule has 0 aromatic rings. The quantitative estimate of drug-likeness (QED) is 0.838. The molecule has 0 aliphatic carbocycles. The molecule has 0 bridgehead atoms. The van der Waals surface area contributed by atoms with E-state index in [2.05, 4.69) is 4.90 Å². The van der Waals surface area contributed by atoms with Crippen LogP contribution in [-0.4, -0.2) is 65.4 Å². The minimum atomic E-state index is -0.418. The largest absolute Gasteiger partial charge is 0.444 e. The second kappa shape index (κ2) is 6.31. The van der Waals surface area contributed by atoms with Crippen molar-refractivity contribution in [2.45, 2.75) is 51.7 Å². The Labute approximate surface area is 121 Å². The van der Waals surface area contributed by atoms with Crippen LogP contribution < -0.4 is 0 Å². The first-order chi connectivity index (χ1) is 9.33. The Balaban J connectivity index is 1.73. The molecule has 0 spiro atoms. The Kier molecular flexibility index (Phi) is 4.91. The number of likely N-dealkylation sites (tertiary alicyclic amines) is 2. The average molecular weight is 284 g/mol. The summed E-state index contributed by atoms with van der Waals surface area (Å²) >= 11 is 0. The van der Waals surface area contributed by atoms with Gasteiger partial charge in [0.1, 0.15) is 5.60 Å². The molecule has 5 nitrogen and oxygen atoms in total. The van der Waals surface area contributed by atoms with Crippen molar-refractivity contribution in [2.24, 2.45) is 5.92 Å². The van der Waals surface area contributed by atoms with Crippen LogP contribution in [0.2, 0.25) is 0 Å². The fraction of sp³-hybridized carbons (Fsp3) is 0.933. The Hall–Kier alpha value is -0.810. The van der Waals surface area contributed by atoms with E-state index in [0.717, 1.165) is 52.0 Å². The van der Waals surface area contributed by atoms with Gasteiger partial charge in [-0.15, -0.1) is 0 Å². The molecular formula is C15H28N2O3. The predicted molar refractivity (Wildman–Crippen MR) is 77.6 cm³/mol. The lowest BCUT2D eigenvalue weighted by Gasteiger charge is -2.31. The van der Waals surface area contributed by atoms with Crippen molar-refractivity contribution in [2.75, 3.05) is 32.7 Å². The van der Waals surface area contributed by atoms with Gasteiger partial charge in [0.2, 0.25) is 0 Å². The molecule has 1 atom stereocenters. The summed E-state index contributed by atoms with van der Waals surface area (Å²) in [6.45, 7) is 10.3.